The Morgan fingerprint density at radius 1 is 1.07 bits per heavy atom. The van der Waals surface area contributed by atoms with E-state index >= 15 is 0 Å². The number of unbranched alkanes of at least 4 members (excludes halogenated alkanes) is 1. The number of carbonyl (C=O) groups is 3. The summed E-state index contributed by atoms with van der Waals surface area (Å²) in [7, 11) is 1.54. The second-order valence-electron chi connectivity index (χ2n) is 6.83. The quantitative estimate of drug-likeness (QED) is 0.686. The molecule has 1 aliphatic heterocycles. The summed E-state index contributed by atoms with van der Waals surface area (Å²) in [5.41, 5.74) is 2.27. The van der Waals surface area contributed by atoms with Gasteiger partial charge in [0.1, 0.15) is 12.4 Å². The number of methoxy groups -OCH3 is 1. The average molecular weight is 380 g/mol. The van der Waals surface area contributed by atoms with Crippen LogP contribution in [0.4, 0.5) is 5.69 Å². The summed E-state index contributed by atoms with van der Waals surface area (Å²) in [5.74, 6) is -0.401. The molecule has 3 rings (SSSR count). The van der Waals surface area contributed by atoms with Crippen LogP contribution in [0.2, 0.25) is 0 Å². The third-order valence-corrected chi connectivity index (χ3v) is 4.83. The summed E-state index contributed by atoms with van der Waals surface area (Å²) >= 11 is 0. The first-order valence-corrected chi connectivity index (χ1v) is 9.38. The Bertz CT molecular complexity index is 888. The lowest BCUT2D eigenvalue weighted by atomic mass is 10.1. The number of imide groups is 1. The summed E-state index contributed by atoms with van der Waals surface area (Å²) in [6.45, 7) is 3.79. The summed E-state index contributed by atoms with van der Waals surface area (Å²) < 4.78 is 5.46. The first-order valence-electron chi connectivity index (χ1n) is 9.38. The van der Waals surface area contributed by atoms with Crippen LogP contribution in [0.25, 0.3) is 0 Å². The van der Waals surface area contributed by atoms with Gasteiger partial charge >= 0.3 is 0 Å². The van der Waals surface area contributed by atoms with E-state index in [1.54, 1.807) is 30.3 Å². The summed E-state index contributed by atoms with van der Waals surface area (Å²) in [6.07, 6.45) is 1.93. The van der Waals surface area contributed by atoms with Crippen LogP contribution in [0.5, 0.6) is 5.75 Å². The van der Waals surface area contributed by atoms with Gasteiger partial charge in [-0.1, -0.05) is 31.5 Å². The lowest BCUT2D eigenvalue weighted by molar-refractivity contribution is -0.119. The van der Waals surface area contributed by atoms with Gasteiger partial charge in [0.2, 0.25) is 5.91 Å². The number of hydrogen-bond donors (Lipinski definition) is 0. The molecule has 6 heteroatoms. The van der Waals surface area contributed by atoms with E-state index < -0.39 is 0 Å². The molecular formula is C22H24N2O4. The van der Waals surface area contributed by atoms with Crippen LogP contribution in [0, 0.1) is 6.92 Å². The van der Waals surface area contributed by atoms with Crippen LogP contribution >= 0.6 is 0 Å². The second-order valence-corrected chi connectivity index (χ2v) is 6.83. The third-order valence-electron chi connectivity index (χ3n) is 4.83. The Morgan fingerprint density at radius 2 is 1.71 bits per heavy atom. The number of rotatable bonds is 7. The average Bonchev–Trinajstić information content (AvgIpc) is 2.95. The molecule has 6 nitrogen and oxygen atoms in total. The number of amides is 3. The van der Waals surface area contributed by atoms with Crippen molar-refractivity contribution in [2.24, 2.45) is 0 Å². The van der Waals surface area contributed by atoms with Gasteiger partial charge in [0.05, 0.1) is 23.9 Å². The molecule has 0 bridgehead atoms. The van der Waals surface area contributed by atoms with Gasteiger partial charge in [-0.15, -0.1) is 0 Å². The van der Waals surface area contributed by atoms with Crippen LogP contribution in [0.15, 0.2) is 42.5 Å². The molecular weight excluding hydrogens is 356 g/mol. The molecule has 0 saturated heterocycles. The normalized spacial score (nSPS) is 12.9. The standard InChI is InChI=1S/C22H24N2O4/c1-4-5-10-20(25)23(18-12-11-15(2)13-19(18)28-3)14-24-21(26)16-8-6-7-9-17(16)22(24)27/h6-9,11-13H,4-5,10,14H2,1-3H3. The molecule has 2 aromatic carbocycles. The zero-order chi connectivity index (χ0) is 20.3. The molecule has 0 spiro atoms. The summed E-state index contributed by atoms with van der Waals surface area (Å²) in [4.78, 5) is 41.0. The van der Waals surface area contributed by atoms with E-state index in [0.717, 1.165) is 23.3 Å². The summed E-state index contributed by atoms with van der Waals surface area (Å²) in [5, 5.41) is 0. The molecule has 0 fully saturated rings. The minimum absolute atomic E-state index is 0.145. The molecule has 0 N–H and O–H groups in total. The lowest BCUT2D eigenvalue weighted by Gasteiger charge is -2.28. The second kappa shape index (κ2) is 8.25. The SMILES string of the molecule is CCCCC(=O)N(CN1C(=O)c2ccccc2C1=O)c1ccc(C)cc1OC. The molecule has 0 saturated carbocycles. The molecule has 0 aliphatic carbocycles. The Kier molecular flexibility index (Phi) is 5.78. The number of anilines is 1. The highest BCUT2D eigenvalue weighted by atomic mass is 16.5. The van der Waals surface area contributed by atoms with Crippen molar-refractivity contribution in [3.63, 3.8) is 0 Å². The van der Waals surface area contributed by atoms with Gasteiger partial charge in [0, 0.05) is 6.42 Å². The highest BCUT2D eigenvalue weighted by Crippen LogP contribution is 2.32. The first-order chi connectivity index (χ1) is 13.5. The van der Waals surface area contributed by atoms with Crippen LogP contribution < -0.4 is 9.64 Å². The molecule has 1 aliphatic rings. The molecule has 2 aromatic rings. The van der Waals surface area contributed by atoms with Gasteiger partial charge in [-0.3, -0.25) is 24.2 Å². The molecule has 3 amide bonds. The van der Waals surface area contributed by atoms with Crippen molar-refractivity contribution in [3.8, 4) is 5.75 Å². The number of ether oxygens (including phenoxy) is 1. The topological polar surface area (TPSA) is 66.9 Å². The molecule has 0 atom stereocenters. The van der Waals surface area contributed by atoms with Crippen molar-refractivity contribution in [1.82, 2.24) is 4.90 Å². The minimum atomic E-state index is -0.389. The van der Waals surface area contributed by atoms with Crippen molar-refractivity contribution in [2.75, 3.05) is 18.7 Å². The third kappa shape index (κ3) is 3.63. The molecule has 0 radical (unpaired) electrons. The van der Waals surface area contributed by atoms with Crippen molar-refractivity contribution < 1.29 is 19.1 Å². The van der Waals surface area contributed by atoms with Crippen LogP contribution in [-0.4, -0.2) is 36.4 Å². The molecule has 0 unspecified atom stereocenters. The van der Waals surface area contributed by atoms with Crippen LogP contribution in [0.3, 0.4) is 0 Å². The van der Waals surface area contributed by atoms with E-state index in [4.69, 9.17) is 4.74 Å². The van der Waals surface area contributed by atoms with Gasteiger partial charge in [-0.05, 0) is 43.2 Å². The Hall–Kier alpha value is -3.15. The van der Waals surface area contributed by atoms with Crippen LogP contribution in [0.1, 0.15) is 52.5 Å². The van der Waals surface area contributed by atoms with E-state index in [9.17, 15) is 14.4 Å². The maximum Gasteiger partial charge on any atom is 0.263 e. The van der Waals surface area contributed by atoms with Crippen molar-refractivity contribution in [3.05, 3.63) is 59.2 Å². The highest BCUT2D eigenvalue weighted by molar-refractivity contribution is 6.21. The minimum Gasteiger partial charge on any atom is -0.495 e. The van der Waals surface area contributed by atoms with E-state index in [1.807, 2.05) is 26.0 Å². The number of nitrogens with zero attached hydrogens (tertiary/aromatic N) is 2. The predicted molar refractivity (Wildman–Crippen MR) is 107 cm³/mol. The maximum absolute atomic E-state index is 13.0. The van der Waals surface area contributed by atoms with Crippen molar-refractivity contribution in [2.45, 2.75) is 33.1 Å². The van der Waals surface area contributed by atoms with Crippen molar-refractivity contribution >= 4 is 23.4 Å². The molecule has 1 heterocycles. The van der Waals surface area contributed by atoms with Crippen LogP contribution in [-0.2, 0) is 4.79 Å². The van der Waals surface area contributed by atoms with Crippen molar-refractivity contribution in [1.29, 1.82) is 0 Å². The number of carbonyl (C=O) groups excluding carboxylic acids is 3. The van der Waals surface area contributed by atoms with Gasteiger partial charge in [0.25, 0.3) is 11.8 Å². The number of benzene rings is 2. The number of aryl methyl sites for hydroxylation is 1. The Morgan fingerprint density at radius 3 is 2.29 bits per heavy atom. The number of fused-ring (bicyclic) bond motifs is 1. The zero-order valence-corrected chi connectivity index (χ0v) is 16.4. The Labute approximate surface area is 164 Å². The zero-order valence-electron chi connectivity index (χ0n) is 16.4. The van der Waals surface area contributed by atoms with Gasteiger partial charge < -0.3 is 4.74 Å². The van der Waals surface area contributed by atoms with E-state index in [1.165, 1.54) is 12.0 Å². The van der Waals surface area contributed by atoms with Gasteiger partial charge in [-0.2, -0.15) is 0 Å². The molecule has 0 aromatic heterocycles. The fraction of sp³-hybridized carbons (Fsp3) is 0.318. The maximum atomic E-state index is 13.0. The fourth-order valence-electron chi connectivity index (χ4n) is 3.27. The highest BCUT2D eigenvalue weighted by Gasteiger charge is 2.37. The predicted octanol–water partition coefficient (Wildman–Crippen LogP) is 3.78. The first kappa shape index (κ1) is 19.6. The smallest absolute Gasteiger partial charge is 0.263 e. The van der Waals surface area contributed by atoms with E-state index in [-0.39, 0.29) is 24.4 Å². The molecule has 28 heavy (non-hydrogen) atoms. The summed E-state index contributed by atoms with van der Waals surface area (Å²) in [6, 6.07) is 12.2. The fourth-order valence-corrected chi connectivity index (χ4v) is 3.27. The monoisotopic (exact) mass is 380 g/mol. The largest absolute Gasteiger partial charge is 0.495 e. The van der Waals surface area contributed by atoms with E-state index in [2.05, 4.69) is 0 Å². The molecule has 146 valence electrons. The van der Waals surface area contributed by atoms with E-state index in [0.29, 0.717) is 29.0 Å². The van der Waals surface area contributed by atoms with Gasteiger partial charge in [-0.25, -0.2) is 0 Å². The van der Waals surface area contributed by atoms with Gasteiger partial charge in [0.15, 0.2) is 0 Å². The number of hydrogen-bond acceptors (Lipinski definition) is 4. The lowest BCUT2D eigenvalue weighted by Crippen LogP contribution is -2.44. The Balaban J connectivity index is 1.96.